The second-order valence-electron chi connectivity index (χ2n) is 11.8. The van der Waals surface area contributed by atoms with E-state index in [0.29, 0.717) is 37.7 Å². The number of halogens is 7. The molecule has 1 saturated heterocycles. The molecule has 1 N–H and O–H groups in total. The van der Waals surface area contributed by atoms with E-state index in [1.807, 2.05) is 4.72 Å². The number of alkyl halides is 6. The van der Waals surface area contributed by atoms with Crippen molar-refractivity contribution in [2.75, 3.05) is 12.8 Å². The van der Waals surface area contributed by atoms with E-state index in [9.17, 15) is 44.3 Å². The molecule has 5 heterocycles. The van der Waals surface area contributed by atoms with Gasteiger partial charge in [0.2, 0.25) is 15.6 Å². The SMILES string of the molecule is CCC[C@H]1N(C(=O)c2ncccc2C(F)(F)F)CCC[C@]1(Oc1csc(C(F)(F)F)c1)C(=O)N1Cc2sc(Br)cc2C[C@H]1C(=O)NS(C)(=O)=O. The van der Waals surface area contributed by atoms with Gasteiger partial charge in [0.1, 0.15) is 22.4 Å². The van der Waals surface area contributed by atoms with Crippen molar-refractivity contribution >= 4 is 66.3 Å². The maximum atomic E-state index is 15.1. The number of amides is 3. The first-order valence-electron chi connectivity index (χ1n) is 15.0. The van der Waals surface area contributed by atoms with Crippen LogP contribution in [-0.2, 0) is 44.9 Å². The molecule has 0 aliphatic carbocycles. The number of carbonyl (C=O) groups is 3. The number of nitrogens with one attached hydrogen (secondary N) is 1. The lowest BCUT2D eigenvalue weighted by molar-refractivity contribution is -0.165. The zero-order chi connectivity index (χ0) is 36.8. The Balaban J connectivity index is 1.67. The molecule has 10 nitrogen and oxygen atoms in total. The van der Waals surface area contributed by atoms with Crippen molar-refractivity contribution in [1.29, 1.82) is 0 Å². The lowest BCUT2D eigenvalue weighted by Gasteiger charge is -2.51. The van der Waals surface area contributed by atoms with Crippen LogP contribution in [0.15, 0.2) is 39.6 Å². The average molecular weight is 832 g/mol. The molecule has 3 amide bonds. The number of thiophene rings is 2. The Bertz CT molecular complexity index is 1900. The summed E-state index contributed by atoms with van der Waals surface area (Å²) in [5.41, 5.74) is -3.84. The first-order valence-corrected chi connectivity index (χ1v) is 19.4. The van der Waals surface area contributed by atoms with Gasteiger partial charge in [0, 0.05) is 41.9 Å². The number of piperidine rings is 1. The lowest BCUT2D eigenvalue weighted by Crippen LogP contribution is -2.70. The fourth-order valence-electron chi connectivity index (χ4n) is 6.34. The van der Waals surface area contributed by atoms with E-state index in [-0.39, 0.29) is 50.9 Å². The molecular weight excluding hydrogens is 802 g/mol. The molecule has 272 valence electrons. The zero-order valence-electron chi connectivity index (χ0n) is 26.2. The number of aromatic nitrogens is 1. The molecule has 3 aromatic heterocycles. The Labute approximate surface area is 299 Å². The molecule has 3 aromatic rings. The molecule has 2 aliphatic rings. The molecule has 50 heavy (non-hydrogen) atoms. The van der Waals surface area contributed by atoms with Crippen molar-refractivity contribution in [2.24, 2.45) is 0 Å². The Hall–Kier alpha value is -3.23. The number of fused-ring (bicyclic) bond motifs is 1. The molecule has 0 saturated carbocycles. The van der Waals surface area contributed by atoms with Crippen LogP contribution in [0.1, 0.15) is 64.0 Å². The summed E-state index contributed by atoms with van der Waals surface area (Å²) in [6, 6.07) is 1.30. The summed E-state index contributed by atoms with van der Waals surface area (Å²) in [5.74, 6) is -3.56. The lowest BCUT2D eigenvalue weighted by atomic mass is 9.79. The zero-order valence-corrected chi connectivity index (χ0v) is 30.3. The Morgan fingerprint density at radius 2 is 1.86 bits per heavy atom. The van der Waals surface area contributed by atoms with Crippen molar-refractivity contribution in [1.82, 2.24) is 19.5 Å². The van der Waals surface area contributed by atoms with E-state index in [0.717, 1.165) is 33.7 Å². The Kier molecular flexibility index (Phi) is 10.7. The highest BCUT2D eigenvalue weighted by molar-refractivity contribution is 9.11. The van der Waals surface area contributed by atoms with Gasteiger partial charge in [0.05, 0.1) is 28.2 Å². The van der Waals surface area contributed by atoms with E-state index in [2.05, 4.69) is 20.9 Å². The highest BCUT2D eigenvalue weighted by Crippen LogP contribution is 2.44. The van der Waals surface area contributed by atoms with Crippen molar-refractivity contribution in [3.63, 3.8) is 0 Å². The van der Waals surface area contributed by atoms with E-state index in [4.69, 9.17) is 4.74 Å². The van der Waals surface area contributed by atoms with E-state index in [1.165, 1.54) is 11.3 Å². The molecule has 5 rings (SSSR count). The van der Waals surface area contributed by atoms with Crippen LogP contribution < -0.4 is 9.46 Å². The summed E-state index contributed by atoms with van der Waals surface area (Å²) in [6.45, 7) is 1.30. The predicted octanol–water partition coefficient (Wildman–Crippen LogP) is 6.26. The number of hydrogen-bond donors (Lipinski definition) is 1. The van der Waals surface area contributed by atoms with Crippen LogP contribution in [0.2, 0.25) is 0 Å². The quantitative estimate of drug-likeness (QED) is 0.266. The monoisotopic (exact) mass is 830 g/mol. The Morgan fingerprint density at radius 3 is 2.48 bits per heavy atom. The molecule has 2 aliphatic heterocycles. The number of pyridine rings is 1. The number of hydrogen-bond acceptors (Lipinski definition) is 9. The standard InChI is InChI=1S/C30H29BrF6N4O6S3/c1-3-6-21-28(47-17-13-22(48-15-17)30(35,36)37,8-5-10-40(21)26(43)24-18(29(32,33)34)7-4-9-38-24)27(44)41-14-20-16(12-23(31)49-20)11-19(41)25(42)39-50(2,45)46/h4,7,9,12-13,15,19,21H,3,5-6,8,10-11,14H2,1-2H3,(H,39,42)/t19-,21+,28+/m0/s1. The highest BCUT2D eigenvalue weighted by atomic mass is 79.9. The van der Waals surface area contributed by atoms with Crippen molar-refractivity contribution in [2.45, 2.75) is 75.6 Å². The van der Waals surface area contributed by atoms with Gasteiger partial charge in [-0.05, 0) is 52.5 Å². The first-order chi connectivity index (χ1) is 23.2. The molecule has 0 bridgehead atoms. The highest BCUT2D eigenvalue weighted by Gasteiger charge is 2.57. The fraction of sp³-hybridized carbons (Fsp3) is 0.467. The van der Waals surface area contributed by atoms with Crippen LogP contribution >= 0.6 is 38.6 Å². The first kappa shape index (κ1) is 38.0. The third kappa shape index (κ3) is 7.81. The maximum Gasteiger partial charge on any atom is 0.425 e. The third-order valence-electron chi connectivity index (χ3n) is 8.34. The minimum atomic E-state index is -4.97. The molecular formula is C30H29BrF6N4O6S3. The van der Waals surface area contributed by atoms with Gasteiger partial charge in [0.15, 0.2) is 0 Å². The number of carbonyl (C=O) groups excluding carboxylic acids is 3. The van der Waals surface area contributed by atoms with Gasteiger partial charge in [-0.15, -0.1) is 22.7 Å². The van der Waals surface area contributed by atoms with Crippen LogP contribution in [0, 0.1) is 0 Å². The summed E-state index contributed by atoms with van der Waals surface area (Å²) in [6.07, 6.45) is -8.15. The second kappa shape index (κ2) is 14.1. The van der Waals surface area contributed by atoms with Gasteiger partial charge in [0.25, 0.3) is 17.7 Å². The van der Waals surface area contributed by atoms with E-state index in [1.54, 1.807) is 13.0 Å². The van der Waals surface area contributed by atoms with Crippen LogP contribution in [0.25, 0.3) is 0 Å². The normalized spacial score (nSPS) is 21.5. The summed E-state index contributed by atoms with van der Waals surface area (Å²) < 4.78 is 116. The minimum absolute atomic E-state index is 0.0357. The predicted molar refractivity (Wildman–Crippen MR) is 174 cm³/mol. The number of rotatable bonds is 8. The number of sulfonamides is 1. The molecule has 0 aromatic carbocycles. The average Bonchev–Trinajstić information content (AvgIpc) is 3.64. The fourth-order valence-corrected chi connectivity index (χ4v) is 9.29. The van der Waals surface area contributed by atoms with E-state index < -0.39 is 73.9 Å². The van der Waals surface area contributed by atoms with Gasteiger partial charge < -0.3 is 14.5 Å². The minimum Gasteiger partial charge on any atom is -0.474 e. The van der Waals surface area contributed by atoms with Crippen molar-refractivity contribution in [3.8, 4) is 5.75 Å². The largest absolute Gasteiger partial charge is 0.474 e. The van der Waals surface area contributed by atoms with Crippen LogP contribution in [0.4, 0.5) is 26.3 Å². The van der Waals surface area contributed by atoms with Gasteiger partial charge >= 0.3 is 12.4 Å². The number of ether oxygens (including phenoxy) is 1. The maximum absolute atomic E-state index is 15.1. The molecule has 0 radical (unpaired) electrons. The van der Waals surface area contributed by atoms with Gasteiger partial charge in [-0.25, -0.2) is 8.42 Å². The third-order valence-corrected chi connectivity index (χ3v) is 11.5. The number of likely N-dealkylation sites (tertiary alicyclic amines) is 1. The smallest absolute Gasteiger partial charge is 0.425 e. The summed E-state index contributed by atoms with van der Waals surface area (Å²) >= 11 is 4.91. The van der Waals surface area contributed by atoms with Crippen LogP contribution in [-0.4, -0.2) is 71.4 Å². The summed E-state index contributed by atoms with van der Waals surface area (Å²) in [7, 11) is -4.11. The second-order valence-corrected chi connectivity index (χ2v) is 17.0. The number of nitrogens with zero attached hydrogens (tertiary/aromatic N) is 3. The van der Waals surface area contributed by atoms with Gasteiger partial charge in [-0.3, -0.25) is 24.1 Å². The van der Waals surface area contributed by atoms with Crippen molar-refractivity contribution < 1.29 is 53.9 Å². The molecule has 20 heteroatoms. The molecule has 0 unspecified atom stereocenters. The van der Waals surface area contributed by atoms with E-state index >= 15 is 4.79 Å². The van der Waals surface area contributed by atoms with Crippen molar-refractivity contribution in [3.05, 3.63) is 66.2 Å². The van der Waals surface area contributed by atoms with Gasteiger partial charge in [-0.2, -0.15) is 26.3 Å². The van der Waals surface area contributed by atoms with Crippen LogP contribution in [0.5, 0.6) is 5.75 Å². The topological polar surface area (TPSA) is 126 Å². The Morgan fingerprint density at radius 1 is 1.14 bits per heavy atom. The summed E-state index contributed by atoms with van der Waals surface area (Å²) in [4.78, 5) is 48.0. The van der Waals surface area contributed by atoms with Gasteiger partial charge in [-0.1, -0.05) is 13.3 Å². The molecule has 1 fully saturated rings. The molecule has 0 spiro atoms. The summed E-state index contributed by atoms with van der Waals surface area (Å²) in [5, 5.41) is 1.03. The van der Waals surface area contributed by atoms with Crippen LogP contribution in [0.3, 0.4) is 0 Å². The molecule has 3 atom stereocenters.